The zero-order valence-corrected chi connectivity index (χ0v) is 10.4. The number of carboxylic acids is 1. The minimum absolute atomic E-state index is 0.0986. The molecule has 1 atom stereocenters. The van der Waals surface area contributed by atoms with E-state index in [2.05, 4.69) is 6.92 Å². The topological polar surface area (TPSA) is 37.3 Å². The van der Waals surface area contributed by atoms with Gasteiger partial charge in [0.05, 0.1) is 5.41 Å². The molecule has 0 aromatic heterocycles. The van der Waals surface area contributed by atoms with Gasteiger partial charge in [-0.1, -0.05) is 56.5 Å². The molecular weight excluding hydrogens is 212 g/mol. The highest BCUT2D eigenvalue weighted by atomic mass is 16.4. The first-order valence-corrected chi connectivity index (χ1v) is 6.45. The highest BCUT2D eigenvalue weighted by Gasteiger charge is 2.44. The normalized spacial score (nSPS) is 20.8. The Labute approximate surface area is 103 Å². The van der Waals surface area contributed by atoms with Gasteiger partial charge in [0.25, 0.3) is 0 Å². The highest BCUT2D eigenvalue weighted by molar-refractivity contribution is 5.76. The number of rotatable bonds is 3. The van der Waals surface area contributed by atoms with Crippen molar-refractivity contribution in [1.29, 1.82) is 0 Å². The van der Waals surface area contributed by atoms with Crippen LogP contribution in [0, 0.1) is 5.41 Å². The van der Waals surface area contributed by atoms with Crippen molar-refractivity contribution in [1.82, 2.24) is 0 Å². The smallest absolute Gasteiger partial charge is 0.310 e. The quantitative estimate of drug-likeness (QED) is 0.860. The van der Waals surface area contributed by atoms with Crippen molar-refractivity contribution in [3.05, 3.63) is 35.9 Å². The zero-order chi connectivity index (χ0) is 12.3. The standard InChI is InChI=1S/C15H20O2/c1-12(13-8-4-2-5-9-13)15(14(16)17)10-6-3-7-11-15/h2,4-5,8-9,12H,3,6-7,10-11H2,1H3,(H,16,17). The fourth-order valence-corrected chi connectivity index (χ4v) is 3.08. The summed E-state index contributed by atoms with van der Waals surface area (Å²) < 4.78 is 0. The third-order valence-corrected chi connectivity index (χ3v) is 4.30. The fraction of sp³-hybridized carbons (Fsp3) is 0.533. The monoisotopic (exact) mass is 232 g/mol. The summed E-state index contributed by atoms with van der Waals surface area (Å²) in [7, 11) is 0. The van der Waals surface area contributed by atoms with Crippen LogP contribution in [0.25, 0.3) is 0 Å². The number of carboxylic acid groups (broad SMARTS) is 1. The third-order valence-electron chi connectivity index (χ3n) is 4.30. The summed E-state index contributed by atoms with van der Waals surface area (Å²) in [5, 5.41) is 9.62. The summed E-state index contributed by atoms with van der Waals surface area (Å²) in [5.74, 6) is -0.518. The first kappa shape index (κ1) is 12.2. The summed E-state index contributed by atoms with van der Waals surface area (Å²) >= 11 is 0. The Morgan fingerprint density at radius 1 is 1.18 bits per heavy atom. The Morgan fingerprint density at radius 3 is 2.29 bits per heavy atom. The second-order valence-corrected chi connectivity index (χ2v) is 5.15. The van der Waals surface area contributed by atoms with Gasteiger partial charge in [-0.2, -0.15) is 0 Å². The summed E-state index contributed by atoms with van der Waals surface area (Å²) in [6, 6.07) is 10.0. The molecule has 92 valence electrons. The van der Waals surface area contributed by atoms with E-state index < -0.39 is 11.4 Å². The maximum Gasteiger partial charge on any atom is 0.310 e. The first-order chi connectivity index (χ1) is 8.17. The minimum Gasteiger partial charge on any atom is -0.481 e. The van der Waals surface area contributed by atoms with Crippen LogP contribution in [0.15, 0.2) is 30.3 Å². The van der Waals surface area contributed by atoms with Crippen LogP contribution < -0.4 is 0 Å². The molecule has 0 heterocycles. The van der Waals surface area contributed by atoms with Gasteiger partial charge in [-0.3, -0.25) is 4.79 Å². The van der Waals surface area contributed by atoms with E-state index in [-0.39, 0.29) is 5.92 Å². The Morgan fingerprint density at radius 2 is 1.76 bits per heavy atom. The summed E-state index contributed by atoms with van der Waals surface area (Å²) in [6.07, 6.45) is 4.90. The SMILES string of the molecule is CC(c1ccccc1)C1(C(=O)O)CCCCC1. The van der Waals surface area contributed by atoms with Gasteiger partial charge in [-0.25, -0.2) is 0 Å². The zero-order valence-electron chi connectivity index (χ0n) is 10.4. The molecule has 2 heteroatoms. The van der Waals surface area contributed by atoms with Crippen molar-refractivity contribution < 1.29 is 9.90 Å². The van der Waals surface area contributed by atoms with Crippen LogP contribution in [-0.2, 0) is 4.79 Å². The van der Waals surface area contributed by atoms with Crippen molar-refractivity contribution >= 4 is 5.97 Å². The second-order valence-electron chi connectivity index (χ2n) is 5.15. The first-order valence-electron chi connectivity index (χ1n) is 6.45. The molecule has 1 unspecified atom stereocenters. The van der Waals surface area contributed by atoms with Crippen molar-refractivity contribution in [2.24, 2.45) is 5.41 Å². The minimum atomic E-state index is -0.617. The Bertz CT molecular complexity index is 377. The molecule has 0 bridgehead atoms. The van der Waals surface area contributed by atoms with E-state index in [1.807, 2.05) is 30.3 Å². The third kappa shape index (κ3) is 2.21. The lowest BCUT2D eigenvalue weighted by atomic mass is 9.64. The average molecular weight is 232 g/mol. The molecule has 1 fully saturated rings. The van der Waals surface area contributed by atoms with Crippen molar-refractivity contribution in [2.45, 2.75) is 44.9 Å². The van der Waals surface area contributed by atoms with Crippen molar-refractivity contribution in [2.75, 3.05) is 0 Å². The molecule has 0 radical (unpaired) electrons. The van der Waals surface area contributed by atoms with E-state index in [1.54, 1.807) is 0 Å². The largest absolute Gasteiger partial charge is 0.481 e. The van der Waals surface area contributed by atoms with Gasteiger partial charge in [0, 0.05) is 0 Å². The lowest BCUT2D eigenvalue weighted by Gasteiger charge is -2.38. The molecule has 0 saturated heterocycles. The molecule has 1 aromatic rings. The Kier molecular flexibility index (Phi) is 3.51. The van der Waals surface area contributed by atoms with Gasteiger partial charge in [0.15, 0.2) is 0 Å². The van der Waals surface area contributed by atoms with Crippen LogP contribution in [0.1, 0.15) is 50.5 Å². The van der Waals surface area contributed by atoms with Crippen LogP contribution in [0.2, 0.25) is 0 Å². The summed E-state index contributed by atoms with van der Waals surface area (Å²) in [6.45, 7) is 2.06. The maximum absolute atomic E-state index is 11.7. The number of hydrogen-bond acceptors (Lipinski definition) is 1. The van der Waals surface area contributed by atoms with Crippen molar-refractivity contribution in [3.8, 4) is 0 Å². The van der Waals surface area contributed by atoms with Crippen LogP contribution in [0.5, 0.6) is 0 Å². The van der Waals surface area contributed by atoms with Crippen molar-refractivity contribution in [3.63, 3.8) is 0 Å². The van der Waals surface area contributed by atoms with E-state index >= 15 is 0 Å². The van der Waals surface area contributed by atoms with Gasteiger partial charge >= 0.3 is 5.97 Å². The van der Waals surface area contributed by atoms with E-state index in [9.17, 15) is 9.90 Å². The molecule has 0 amide bonds. The molecule has 1 saturated carbocycles. The Balaban J connectivity index is 2.30. The van der Waals surface area contributed by atoms with Crippen LogP contribution in [-0.4, -0.2) is 11.1 Å². The lowest BCUT2D eigenvalue weighted by molar-refractivity contribution is -0.152. The molecule has 1 N–H and O–H groups in total. The summed E-state index contributed by atoms with van der Waals surface area (Å²) in [5.41, 5.74) is 0.608. The molecule has 17 heavy (non-hydrogen) atoms. The number of hydrogen-bond donors (Lipinski definition) is 1. The van der Waals surface area contributed by atoms with E-state index in [0.717, 1.165) is 31.2 Å². The number of aliphatic carboxylic acids is 1. The number of carbonyl (C=O) groups is 1. The molecule has 1 aliphatic carbocycles. The maximum atomic E-state index is 11.7. The molecule has 0 spiro atoms. The van der Waals surface area contributed by atoms with E-state index in [4.69, 9.17) is 0 Å². The van der Waals surface area contributed by atoms with Crippen LogP contribution in [0.3, 0.4) is 0 Å². The van der Waals surface area contributed by atoms with Gasteiger partial charge in [-0.15, -0.1) is 0 Å². The molecule has 1 aliphatic rings. The Hall–Kier alpha value is -1.31. The van der Waals surface area contributed by atoms with Crippen LogP contribution in [0.4, 0.5) is 0 Å². The van der Waals surface area contributed by atoms with Gasteiger partial charge in [0.2, 0.25) is 0 Å². The molecule has 0 aliphatic heterocycles. The lowest BCUT2D eigenvalue weighted by Crippen LogP contribution is -2.38. The van der Waals surface area contributed by atoms with Gasteiger partial charge < -0.3 is 5.11 Å². The number of benzene rings is 1. The highest BCUT2D eigenvalue weighted by Crippen LogP contribution is 2.47. The van der Waals surface area contributed by atoms with E-state index in [1.165, 1.54) is 6.42 Å². The van der Waals surface area contributed by atoms with Gasteiger partial charge in [-0.05, 0) is 24.3 Å². The van der Waals surface area contributed by atoms with Crippen LogP contribution >= 0.6 is 0 Å². The fourth-order valence-electron chi connectivity index (χ4n) is 3.08. The molecule has 1 aromatic carbocycles. The predicted molar refractivity (Wildman–Crippen MR) is 68.0 cm³/mol. The summed E-state index contributed by atoms with van der Waals surface area (Å²) in [4.78, 5) is 11.7. The molecule has 2 nitrogen and oxygen atoms in total. The molecular formula is C15H20O2. The average Bonchev–Trinajstić information content (AvgIpc) is 2.39. The second kappa shape index (κ2) is 4.91. The predicted octanol–water partition coefficient (Wildman–Crippen LogP) is 3.83. The van der Waals surface area contributed by atoms with Gasteiger partial charge in [0.1, 0.15) is 0 Å². The van der Waals surface area contributed by atoms with E-state index in [0.29, 0.717) is 0 Å². The molecule has 2 rings (SSSR count).